The van der Waals surface area contributed by atoms with Crippen molar-refractivity contribution in [3.8, 4) is 0 Å². The molecule has 246 valence electrons. The van der Waals surface area contributed by atoms with E-state index in [0.717, 1.165) is 5.57 Å². The lowest BCUT2D eigenvalue weighted by Crippen LogP contribution is -2.39. The first-order valence-corrected chi connectivity index (χ1v) is 14.7. The molecule has 1 aromatic heterocycles. The quantitative estimate of drug-likeness (QED) is 0.144. The first-order chi connectivity index (χ1) is 21.1. The number of carbonyl (C=O) groups is 2. The molecular weight excluding hydrogens is 608 g/mol. The number of imide groups is 1. The zero-order chi connectivity index (χ0) is 33.3. The van der Waals surface area contributed by atoms with Crippen molar-refractivity contribution in [3.63, 3.8) is 0 Å². The van der Waals surface area contributed by atoms with E-state index in [2.05, 4.69) is 0 Å². The Labute approximate surface area is 255 Å². The number of halogens is 6. The van der Waals surface area contributed by atoms with E-state index in [1.807, 2.05) is 13.8 Å². The predicted molar refractivity (Wildman–Crippen MR) is 151 cm³/mol. The third-order valence-corrected chi connectivity index (χ3v) is 8.50. The Kier molecular flexibility index (Phi) is 10.3. The maximum absolute atomic E-state index is 13.7. The Hall–Kier alpha value is -3.42. The molecule has 2 aromatic rings. The Morgan fingerprint density at radius 3 is 2.18 bits per heavy atom. The van der Waals surface area contributed by atoms with E-state index in [1.54, 1.807) is 18.2 Å². The van der Waals surface area contributed by atoms with Crippen LogP contribution in [-0.4, -0.2) is 39.8 Å². The van der Waals surface area contributed by atoms with E-state index in [1.165, 1.54) is 0 Å². The van der Waals surface area contributed by atoms with Gasteiger partial charge in [0.2, 0.25) is 11.8 Å². The summed E-state index contributed by atoms with van der Waals surface area (Å²) in [6.07, 6.45) is -7.58. The molecule has 4 atom stereocenters. The van der Waals surface area contributed by atoms with Crippen LogP contribution in [0.5, 0.6) is 0 Å². The first kappa shape index (κ1) is 34.5. The molecule has 0 radical (unpaired) electrons. The lowest BCUT2D eigenvalue weighted by molar-refractivity contribution is -0.143. The van der Waals surface area contributed by atoms with Crippen molar-refractivity contribution >= 4 is 23.6 Å². The predicted octanol–water partition coefficient (Wildman–Crippen LogP) is 6.66. The molecule has 1 saturated heterocycles. The summed E-state index contributed by atoms with van der Waals surface area (Å²) in [4.78, 5) is 27.6. The fraction of sp³-hybridized carbons (Fsp3) is 0.500. The van der Waals surface area contributed by atoms with Crippen LogP contribution >= 0.6 is 0 Å². The molecule has 13 heteroatoms. The minimum Gasteiger partial charge on any atom is -0.459 e. The average Bonchev–Trinajstić information content (AvgIpc) is 3.54. The van der Waals surface area contributed by atoms with Crippen molar-refractivity contribution in [2.45, 2.75) is 77.4 Å². The van der Waals surface area contributed by atoms with Crippen LogP contribution in [0, 0.1) is 17.8 Å². The molecule has 3 N–H and O–H groups in total. The van der Waals surface area contributed by atoms with Crippen molar-refractivity contribution in [2.24, 2.45) is 17.8 Å². The molecule has 2 heterocycles. The number of aliphatic hydroxyl groups is 3. The highest BCUT2D eigenvalue weighted by Gasteiger charge is 2.55. The number of rotatable bonds is 11. The number of furan rings is 1. The topological polar surface area (TPSA) is 111 Å². The summed E-state index contributed by atoms with van der Waals surface area (Å²) in [6, 6.07) is 3.93. The van der Waals surface area contributed by atoms with Crippen LogP contribution < -0.4 is 4.90 Å². The molecule has 2 aliphatic rings. The summed E-state index contributed by atoms with van der Waals surface area (Å²) in [5, 5.41) is 31.1. The van der Waals surface area contributed by atoms with Gasteiger partial charge in [-0.2, -0.15) is 26.3 Å². The van der Waals surface area contributed by atoms with Crippen LogP contribution in [0.3, 0.4) is 0 Å². The van der Waals surface area contributed by atoms with Gasteiger partial charge in [-0.05, 0) is 74.1 Å². The number of aliphatic hydroxyl groups excluding tert-OH is 3. The van der Waals surface area contributed by atoms with Crippen molar-refractivity contribution in [1.82, 2.24) is 0 Å². The minimum absolute atomic E-state index is 0.0274. The van der Waals surface area contributed by atoms with Crippen molar-refractivity contribution in [1.29, 1.82) is 0 Å². The van der Waals surface area contributed by atoms with Gasteiger partial charge in [0.05, 0.1) is 41.4 Å². The molecule has 0 saturated carbocycles. The van der Waals surface area contributed by atoms with E-state index in [0.29, 0.717) is 65.4 Å². The van der Waals surface area contributed by atoms with E-state index < -0.39 is 71.4 Å². The van der Waals surface area contributed by atoms with Crippen LogP contribution in [0.15, 0.2) is 51.5 Å². The zero-order valence-electron chi connectivity index (χ0n) is 24.7. The van der Waals surface area contributed by atoms with Gasteiger partial charge in [0, 0.05) is 5.92 Å². The number of nitrogens with zero attached hydrogens (tertiary/aromatic N) is 1. The molecule has 0 spiro atoms. The van der Waals surface area contributed by atoms with Gasteiger partial charge in [-0.1, -0.05) is 31.4 Å². The van der Waals surface area contributed by atoms with Gasteiger partial charge >= 0.3 is 12.4 Å². The van der Waals surface area contributed by atoms with Crippen LogP contribution in [0.4, 0.5) is 32.0 Å². The zero-order valence-corrected chi connectivity index (χ0v) is 24.7. The summed E-state index contributed by atoms with van der Waals surface area (Å²) in [7, 11) is 0. The maximum atomic E-state index is 13.7. The fourth-order valence-corrected chi connectivity index (χ4v) is 6.41. The van der Waals surface area contributed by atoms with E-state index in [4.69, 9.17) is 4.42 Å². The Balaban J connectivity index is 1.67. The lowest BCUT2D eigenvalue weighted by atomic mass is 9.67. The second kappa shape index (κ2) is 13.5. The number of hydrogen-bond acceptors (Lipinski definition) is 6. The highest BCUT2D eigenvalue weighted by molar-refractivity contribution is 6.22. The smallest absolute Gasteiger partial charge is 0.416 e. The van der Waals surface area contributed by atoms with Gasteiger partial charge in [-0.15, -0.1) is 0 Å². The number of alkyl halides is 6. The molecule has 1 aliphatic carbocycles. The molecule has 4 rings (SSSR count). The van der Waals surface area contributed by atoms with E-state index >= 15 is 0 Å². The molecule has 45 heavy (non-hydrogen) atoms. The summed E-state index contributed by atoms with van der Waals surface area (Å²) in [6.45, 7) is 2.83. The van der Waals surface area contributed by atoms with E-state index in [9.17, 15) is 51.3 Å². The van der Waals surface area contributed by atoms with Gasteiger partial charge < -0.3 is 19.7 Å². The summed E-state index contributed by atoms with van der Waals surface area (Å²) < 4.78 is 86.9. The highest BCUT2D eigenvalue weighted by atomic mass is 19.4. The molecule has 0 unspecified atom stereocenters. The number of benzene rings is 1. The van der Waals surface area contributed by atoms with Gasteiger partial charge in [0.1, 0.15) is 18.1 Å². The Bertz CT molecular complexity index is 1440. The van der Waals surface area contributed by atoms with Crippen molar-refractivity contribution in [3.05, 3.63) is 69.7 Å². The normalized spacial score (nSPS) is 22.0. The number of anilines is 1. The van der Waals surface area contributed by atoms with E-state index in [-0.39, 0.29) is 25.5 Å². The number of hydrogen-bond donors (Lipinski definition) is 3. The second-order valence-corrected chi connectivity index (χ2v) is 11.4. The van der Waals surface area contributed by atoms with Gasteiger partial charge in [0.15, 0.2) is 0 Å². The fourth-order valence-electron chi connectivity index (χ4n) is 6.41. The number of fused-ring (bicyclic) bond motifs is 1. The average molecular weight is 644 g/mol. The SMILES string of the molecule is CCCC1=C([C@H](O)CC/C(=C/c2ccc(CO)o2)CC)[C@H](CO)[C@@H]2C(=O)N(c3cc(C(F)(F)F)cc(C(F)(F)F)c3)C(=O)[C@@H]2C1. The Morgan fingerprint density at radius 2 is 1.67 bits per heavy atom. The second-order valence-electron chi connectivity index (χ2n) is 11.4. The van der Waals surface area contributed by atoms with Crippen LogP contribution in [-0.2, 0) is 28.5 Å². The number of allylic oxidation sites excluding steroid dienone is 2. The van der Waals surface area contributed by atoms with Gasteiger partial charge in [-0.3, -0.25) is 9.59 Å². The molecule has 1 fully saturated rings. The summed E-state index contributed by atoms with van der Waals surface area (Å²) in [5.41, 5.74) is -2.26. The molecule has 2 amide bonds. The largest absolute Gasteiger partial charge is 0.459 e. The molecule has 7 nitrogen and oxygen atoms in total. The number of amides is 2. The third-order valence-electron chi connectivity index (χ3n) is 8.50. The first-order valence-electron chi connectivity index (χ1n) is 14.7. The molecular formula is C32H35F6NO6. The molecule has 1 aliphatic heterocycles. The molecule has 0 bridgehead atoms. The third kappa shape index (κ3) is 7.20. The minimum atomic E-state index is -5.18. The summed E-state index contributed by atoms with van der Waals surface area (Å²) >= 11 is 0. The van der Waals surface area contributed by atoms with Gasteiger partial charge in [0.25, 0.3) is 0 Å². The van der Waals surface area contributed by atoms with Crippen LogP contribution in [0.25, 0.3) is 6.08 Å². The van der Waals surface area contributed by atoms with Crippen molar-refractivity contribution in [2.75, 3.05) is 11.5 Å². The highest BCUT2D eigenvalue weighted by Crippen LogP contribution is 2.49. The van der Waals surface area contributed by atoms with Crippen LogP contribution in [0.1, 0.15) is 75.0 Å². The van der Waals surface area contributed by atoms with Crippen molar-refractivity contribution < 1.29 is 55.7 Å². The van der Waals surface area contributed by atoms with Crippen LogP contribution in [0.2, 0.25) is 0 Å². The lowest BCUT2D eigenvalue weighted by Gasteiger charge is -2.36. The monoisotopic (exact) mass is 643 g/mol. The van der Waals surface area contributed by atoms with Gasteiger partial charge in [-0.25, -0.2) is 4.90 Å². The maximum Gasteiger partial charge on any atom is 0.416 e. The Morgan fingerprint density at radius 1 is 1.02 bits per heavy atom. The number of carbonyl (C=O) groups excluding carboxylic acids is 2. The molecule has 1 aromatic carbocycles. The standard InChI is InChI=1S/C32H35F6NO6/c1-3-5-18-11-24-28(25(16-41)27(18)26(42)9-6-17(4-2)10-22-7-8-23(15-40)45-22)30(44)39(29(24)43)21-13-19(31(33,34)35)12-20(14-21)32(36,37)38/h7-8,10,12-14,24-26,28,40-42H,3-6,9,11,15-16H2,1-2H3/b17-10+/t24-,25+,26-,28-/m1/s1. The summed E-state index contributed by atoms with van der Waals surface area (Å²) in [5.74, 6) is -4.54.